The Balaban J connectivity index is 1.95. The van der Waals surface area contributed by atoms with Gasteiger partial charge >= 0.3 is 4.87 Å². The standard InChI is InChI=1S/C16H14FN3O2S2/c1-10-14(11-3-5-12(17)6-4-11)20(16(22)24-10)9-13(21)19(2)15-18-7-8-23-15/h3-8H,9H2,1-2H3. The number of halogens is 1. The van der Waals surface area contributed by atoms with E-state index in [4.69, 9.17) is 0 Å². The summed E-state index contributed by atoms with van der Waals surface area (Å²) in [6, 6.07) is 5.89. The molecule has 0 bridgehead atoms. The third-order valence-corrected chi connectivity index (χ3v) is 5.30. The van der Waals surface area contributed by atoms with Gasteiger partial charge in [-0.05, 0) is 36.8 Å². The van der Waals surface area contributed by atoms with Crippen LogP contribution >= 0.6 is 22.7 Å². The van der Waals surface area contributed by atoms with Crippen LogP contribution in [0.4, 0.5) is 9.52 Å². The summed E-state index contributed by atoms with van der Waals surface area (Å²) < 4.78 is 14.6. The molecule has 24 heavy (non-hydrogen) atoms. The van der Waals surface area contributed by atoms with Gasteiger partial charge < -0.3 is 0 Å². The summed E-state index contributed by atoms with van der Waals surface area (Å²) in [4.78, 5) is 30.9. The molecule has 1 aromatic carbocycles. The fraction of sp³-hybridized carbons (Fsp3) is 0.188. The van der Waals surface area contributed by atoms with Crippen molar-refractivity contribution in [1.82, 2.24) is 9.55 Å². The molecular weight excluding hydrogens is 349 g/mol. The summed E-state index contributed by atoms with van der Waals surface area (Å²) in [6.07, 6.45) is 1.62. The summed E-state index contributed by atoms with van der Waals surface area (Å²) in [6.45, 7) is 1.72. The van der Waals surface area contributed by atoms with E-state index in [1.807, 2.05) is 6.92 Å². The van der Waals surface area contributed by atoms with Crippen LogP contribution < -0.4 is 9.77 Å². The van der Waals surface area contributed by atoms with Gasteiger partial charge in [-0.2, -0.15) is 0 Å². The van der Waals surface area contributed by atoms with E-state index in [1.54, 1.807) is 30.8 Å². The van der Waals surface area contributed by atoms with Gasteiger partial charge in [-0.1, -0.05) is 11.3 Å². The zero-order valence-electron chi connectivity index (χ0n) is 13.0. The second-order valence-corrected chi connectivity index (χ2v) is 7.17. The Hall–Kier alpha value is -2.32. The summed E-state index contributed by atoms with van der Waals surface area (Å²) in [5.74, 6) is -0.590. The van der Waals surface area contributed by atoms with Crippen LogP contribution in [0.3, 0.4) is 0 Å². The fourth-order valence-corrected chi connectivity index (χ4v) is 3.83. The molecule has 0 radical (unpaired) electrons. The molecule has 2 heterocycles. The third-order valence-electron chi connectivity index (χ3n) is 3.56. The molecule has 0 spiro atoms. The number of hydrogen-bond acceptors (Lipinski definition) is 5. The predicted molar refractivity (Wildman–Crippen MR) is 94.2 cm³/mol. The van der Waals surface area contributed by atoms with E-state index in [0.29, 0.717) is 16.4 Å². The quantitative estimate of drug-likeness (QED) is 0.716. The number of aryl methyl sites for hydroxylation is 1. The maximum atomic E-state index is 13.1. The van der Waals surface area contributed by atoms with E-state index in [-0.39, 0.29) is 23.1 Å². The van der Waals surface area contributed by atoms with Gasteiger partial charge in [0.25, 0.3) is 0 Å². The number of anilines is 1. The van der Waals surface area contributed by atoms with Crippen molar-refractivity contribution in [1.29, 1.82) is 0 Å². The van der Waals surface area contributed by atoms with Crippen LogP contribution in [0.1, 0.15) is 4.88 Å². The first kappa shape index (κ1) is 16.5. The van der Waals surface area contributed by atoms with Crippen molar-refractivity contribution in [3.8, 4) is 11.3 Å². The number of thiazole rings is 2. The lowest BCUT2D eigenvalue weighted by atomic mass is 10.1. The lowest BCUT2D eigenvalue weighted by Crippen LogP contribution is -2.32. The lowest BCUT2D eigenvalue weighted by Gasteiger charge is -2.15. The largest absolute Gasteiger partial charge is 0.308 e. The van der Waals surface area contributed by atoms with E-state index in [1.165, 1.54) is 32.9 Å². The van der Waals surface area contributed by atoms with Gasteiger partial charge in [0, 0.05) is 23.5 Å². The third kappa shape index (κ3) is 3.15. The molecule has 2 aromatic heterocycles. The molecule has 0 atom stereocenters. The maximum absolute atomic E-state index is 13.1. The van der Waals surface area contributed by atoms with E-state index in [0.717, 1.165) is 16.2 Å². The van der Waals surface area contributed by atoms with Gasteiger partial charge in [-0.3, -0.25) is 19.1 Å². The Morgan fingerprint density at radius 2 is 2.04 bits per heavy atom. The number of rotatable bonds is 4. The molecule has 0 aliphatic carbocycles. The van der Waals surface area contributed by atoms with E-state index >= 15 is 0 Å². The Labute approximate surface area is 145 Å². The topological polar surface area (TPSA) is 55.2 Å². The van der Waals surface area contributed by atoms with Gasteiger partial charge in [-0.25, -0.2) is 9.37 Å². The van der Waals surface area contributed by atoms with Crippen molar-refractivity contribution < 1.29 is 9.18 Å². The molecule has 0 aliphatic rings. The molecule has 0 N–H and O–H groups in total. The first-order chi connectivity index (χ1) is 11.5. The van der Waals surface area contributed by atoms with Crippen LogP contribution in [0.5, 0.6) is 0 Å². The second kappa shape index (κ2) is 6.66. The smallest absolute Gasteiger partial charge is 0.290 e. The van der Waals surface area contributed by atoms with Crippen molar-refractivity contribution in [3.63, 3.8) is 0 Å². The average Bonchev–Trinajstić information content (AvgIpc) is 3.17. The lowest BCUT2D eigenvalue weighted by molar-refractivity contribution is -0.118. The molecule has 5 nitrogen and oxygen atoms in total. The zero-order chi connectivity index (χ0) is 17.3. The van der Waals surface area contributed by atoms with Crippen molar-refractivity contribution >= 4 is 33.7 Å². The van der Waals surface area contributed by atoms with Crippen molar-refractivity contribution in [2.24, 2.45) is 0 Å². The molecule has 0 fully saturated rings. The second-order valence-electron chi connectivity index (χ2n) is 5.13. The monoisotopic (exact) mass is 363 g/mol. The van der Waals surface area contributed by atoms with Gasteiger partial charge in [-0.15, -0.1) is 11.3 Å². The minimum atomic E-state index is -0.347. The SMILES string of the molecule is Cc1sc(=O)n(CC(=O)N(C)c2nccs2)c1-c1ccc(F)cc1. The highest BCUT2D eigenvalue weighted by Crippen LogP contribution is 2.26. The predicted octanol–water partition coefficient (Wildman–Crippen LogP) is 3.14. The van der Waals surface area contributed by atoms with Crippen LogP contribution in [0.2, 0.25) is 0 Å². The normalized spacial score (nSPS) is 10.8. The number of aromatic nitrogens is 2. The maximum Gasteiger partial charge on any atom is 0.308 e. The minimum Gasteiger partial charge on any atom is -0.290 e. The van der Waals surface area contributed by atoms with Gasteiger partial charge in [0.05, 0.1) is 5.69 Å². The van der Waals surface area contributed by atoms with Crippen molar-refractivity contribution in [2.75, 3.05) is 11.9 Å². The Morgan fingerprint density at radius 1 is 1.33 bits per heavy atom. The molecule has 0 saturated heterocycles. The average molecular weight is 363 g/mol. The van der Waals surface area contributed by atoms with Crippen molar-refractivity contribution in [3.05, 3.63) is 56.2 Å². The fourth-order valence-electron chi connectivity index (χ4n) is 2.36. The molecule has 8 heteroatoms. The number of carbonyl (C=O) groups excluding carboxylic acids is 1. The zero-order valence-corrected chi connectivity index (χ0v) is 14.7. The highest BCUT2D eigenvalue weighted by molar-refractivity contribution is 7.13. The number of nitrogens with zero attached hydrogens (tertiary/aromatic N) is 3. The molecular formula is C16H14FN3O2S2. The number of hydrogen-bond donors (Lipinski definition) is 0. The number of amides is 1. The van der Waals surface area contributed by atoms with Crippen LogP contribution in [0, 0.1) is 12.7 Å². The van der Waals surface area contributed by atoms with Crippen molar-refractivity contribution in [2.45, 2.75) is 13.5 Å². The van der Waals surface area contributed by atoms with E-state index in [2.05, 4.69) is 4.98 Å². The number of benzene rings is 1. The Morgan fingerprint density at radius 3 is 2.67 bits per heavy atom. The summed E-state index contributed by atoms with van der Waals surface area (Å²) >= 11 is 2.42. The number of likely N-dealkylation sites (N-methyl/N-ethyl adjacent to an activating group) is 1. The first-order valence-corrected chi connectivity index (χ1v) is 8.79. The summed E-state index contributed by atoms with van der Waals surface area (Å²) in [7, 11) is 1.63. The van der Waals surface area contributed by atoms with Crippen LogP contribution in [0.15, 0.2) is 40.6 Å². The minimum absolute atomic E-state index is 0.0913. The molecule has 0 saturated carbocycles. The Kier molecular flexibility index (Phi) is 4.59. The van der Waals surface area contributed by atoms with E-state index in [9.17, 15) is 14.0 Å². The molecule has 3 aromatic rings. The van der Waals surface area contributed by atoms with Crippen LogP contribution in [0.25, 0.3) is 11.3 Å². The van der Waals surface area contributed by atoms with Gasteiger partial charge in [0.2, 0.25) is 5.91 Å². The van der Waals surface area contributed by atoms with Crippen LogP contribution in [-0.2, 0) is 11.3 Å². The Bertz CT molecular complexity index is 914. The highest BCUT2D eigenvalue weighted by Gasteiger charge is 2.19. The highest BCUT2D eigenvalue weighted by atomic mass is 32.1. The van der Waals surface area contributed by atoms with Gasteiger partial charge in [0.1, 0.15) is 12.4 Å². The molecule has 0 aliphatic heterocycles. The van der Waals surface area contributed by atoms with E-state index < -0.39 is 0 Å². The molecule has 3 rings (SSSR count). The first-order valence-electron chi connectivity index (χ1n) is 7.09. The van der Waals surface area contributed by atoms with Gasteiger partial charge in [0.15, 0.2) is 5.13 Å². The molecule has 124 valence electrons. The van der Waals surface area contributed by atoms with Crippen LogP contribution in [-0.4, -0.2) is 22.5 Å². The molecule has 1 amide bonds. The summed E-state index contributed by atoms with van der Waals surface area (Å²) in [5, 5.41) is 2.35. The summed E-state index contributed by atoms with van der Waals surface area (Å²) in [5.41, 5.74) is 1.35. The molecule has 0 unspecified atom stereocenters. The number of carbonyl (C=O) groups is 1.